The van der Waals surface area contributed by atoms with Crippen LogP contribution in [0.5, 0.6) is 0 Å². The van der Waals surface area contributed by atoms with E-state index in [0.717, 1.165) is 0 Å². The minimum atomic E-state index is -1.60. The van der Waals surface area contributed by atoms with Crippen molar-refractivity contribution in [3.63, 3.8) is 0 Å². The molecular weight excluding hydrogens is 941 g/mol. The number of allylic oxidation sites excluding steroid dienone is 12. The number of fused-ring (bicyclic) bond motifs is 4. The summed E-state index contributed by atoms with van der Waals surface area (Å²) in [6, 6.07) is -2.01. The van der Waals surface area contributed by atoms with E-state index in [1.165, 1.54) is 20.1 Å². The van der Waals surface area contributed by atoms with E-state index < -0.39 is 134 Å². The fourth-order valence-electron chi connectivity index (χ4n) is 8.88. The molecule has 10 N–H and O–H groups in total. The lowest BCUT2D eigenvalue weighted by Crippen LogP contribution is -2.64. The highest BCUT2D eigenvalue weighted by molar-refractivity contribution is 5.71. The lowest BCUT2D eigenvalue weighted by Gasteiger charge is -2.46. The highest BCUT2D eigenvalue weighted by atomic mass is 16.7. The van der Waals surface area contributed by atoms with Crippen molar-refractivity contribution in [3.8, 4) is 0 Å². The standard InChI is InChI=1S/C52H78N2O18/c1-7-24-67-50(64)54-45-47(62)34(5)69-49(48(45)63)70-38-21-19-17-15-13-11-9-8-10-12-14-16-18-20-31(2)46(61)32(3)33(4)68-43(60)27-36(56)25-35(55)22-23-39(58)40(59)26-37(57)29-52(66-6)30-42-44(41(28-38)72-52)53-51(65)71-42/h7-21,31-42,44-49,55-59,61-63H,1,22-30H2,2-6H3,(H,53,65)(H,54,64)/b9-8-,12-10-,13-11-,16-14-,17-15-,20-18-,21-19-. The molecule has 72 heavy (non-hydrogen) atoms. The second-order valence-corrected chi connectivity index (χ2v) is 18.9. The van der Waals surface area contributed by atoms with E-state index in [1.54, 1.807) is 56.4 Å². The van der Waals surface area contributed by atoms with Crippen molar-refractivity contribution in [2.45, 2.75) is 183 Å². The van der Waals surface area contributed by atoms with Crippen molar-refractivity contribution in [1.82, 2.24) is 10.6 Å². The molecule has 4 aliphatic rings. The molecule has 0 aromatic heterocycles. The number of hydrogen-bond acceptors (Lipinski definition) is 18. The zero-order chi connectivity index (χ0) is 53.0. The van der Waals surface area contributed by atoms with E-state index in [9.17, 15) is 55.2 Å². The van der Waals surface area contributed by atoms with Gasteiger partial charge in [0.2, 0.25) is 0 Å². The summed E-state index contributed by atoms with van der Waals surface area (Å²) < 4.78 is 40.9. The average Bonchev–Trinajstić information content (AvgIpc) is 3.71. The minimum Gasteiger partial charge on any atom is -0.462 e. The van der Waals surface area contributed by atoms with Gasteiger partial charge >= 0.3 is 18.2 Å². The number of carbonyl (C=O) groups is 3. The molecule has 2 amide bonds. The maximum atomic E-state index is 12.7. The smallest absolute Gasteiger partial charge is 0.407 e. The predicted molar refractivity (Wildman–Crippen MR) is 262 cm³/mol. The molecular formula is C52H78N2O18. The molecule has 4 heterocycles. The molecule has 4 aliphatic heterocycles. The van der Waals surface area contributed by atoms with Crippen molar-refractivity contribution in [2.24, 2.45) is 11.8 Å². The van der Waals surface area contributed by atoms with E-state index in [1.807, 2.05) is 49.5 Å². The summed E-state index contributed by atoms with van der Waals surface area (Å²) in [6.45, 7) is 10.2. The van der Waals surface area contributed by atoms with Crippen LogP contribution in [0.2, 0.25) is 0 Å². The summed E-state index contributed by atoms with van der Waals surface area (Å²) in [5.41, 5.74) is 0. The normalized spacial score (nSPS) is 42.6. The monoisotopic (exact) mass is 1020 g/mol. The Hall–Kier alpha value is -4.55. The highest BCUT2D eigenvalue weighted by Crippen LogP contribution is 2.40. The molecule has 4 rings (SSSR count). The van der Waals surface area contributed by atoms with E-state index in [0.29, 0.717) is 0 Å². The van der Waals surface area contributed by atoms with Gasteiger partial charge in [-0.3, -0.25) is 4.79 Å². The largest absolute Gasteiger partial charge is 0.462 e. The molecule has 3 fully saturated rings. The number of amides is 2. The molecule has 19 atom stereocenters. The average molecular weight is 1020 g/mol. The Kier molecular flexibility index (Phi) is 25.0. The van der Waals surface area contributed by atoms with Crippen molar-refractivity contribution < 1.29 is 88.4 Å². The molecule has 19 unspecified atom stereocenters. The van der Waals surface area contributed by atoms with Crippen LogP contribution in [0.3, 0.4) is 0 Å². The maximum absolute atomic E-state index is 12.7. The van der Waals surface area contributed by atoms with Crippen LogP contribution in [0.4, 0.5) is 9.59 Å². The van der Waals surface area contributed by atoms with E-state index >= 15 is 0 Å². The summed E-state index contributed by atoms with van der Waals surface area (Å²) in [5, 5.41) is 92.9. The summed E-state index contributed by atoms with van der Waals surface area (Å²) in [4.78, 5) is 37.9. The first-order valence-electron chi connectivity index (χ1n) is 24.6. The fraction of sp³-hybridized carbons (Fsp3) is 0.635. The number of cyclic esters (lactones) is 1. The van der Waals surface area contributed by atoms with Gasteiger partial charge < -0.3 is 84.6 Å². The highest BCUT2D eigenvalue weighted by Gasteiger charge is 2.54. The van der Waals surface area contributed by atoms with Crippen LogP contribution in [0, 0.1) is 11.8 Å². The van der Waals surface area contributed by atoms with Crippen LogP contribution < -0.4 is 10.6 Å². The number of ether oxygens (including phenoxy) is 7. The third-order valence-corrected chi connectivity index (χ3v) is 13.2. The predicted octanol–water partition coefficient (Wildman–Crippen LogP) is 2.73. The zero-order valence-corrected chi connectivity index (χ0v) is 41.8. The van der Waals surface area contributed by atoms with Crippen LogP contribution >= 0.6 is 0 Å². The molecule has 0 aliphatic carbocycles. The molecule has 0 aromatic rings. The minimum absolute atomic E-state index is 0.0344. The maximum Gasteiger partial charge on any atom is 0.407 e. The van der Waals surface area contributed by atoms with Gasteiger partial charge in [0.25, 0.3) is 0 Å². The van der Waals surface area contributed by atoms with Gasteiger partial charge in [-0.25, -0.2) is 9.59 Å². The van der Waals surface area contributed by atoms with Crippen LogP contribution in [0.15, 0.2) is 97.7 Å². The first-order valence-corrected chi connectivity index (χ1v) is 24.6. The lowest BCUT2D eigenvalue weighted by atomic mass is 9.87. The van der Waals surface area contributed by atoms with Crippen LogP contribution in [-0.2, 0) is 38.0 Å². The molecule has 20 heteroatoms. The van der Waals surface area contributed by atoms with Gasteiger partial charge in [-0.1, -0.05) is 112 Å². The Bertz CT molecular complexity index is 1920. The topological polar surface area (TPSA) is 302 Å². The van der Waals surface area contributed by atoms with Gasteiger partial charge in [0.05, 0.1) is 73.4 Å². The molecule has 404 valence electrons. The van der Waals surface area contributed by atoms with Crippen molar-refractivity contribution >= 4 is 18.2 Å². The van der Waals surface area contributed by atoms with Gasteiger partial charge in [-0.2, -0.15) is 0 Å². The Morgan fingerprint density at radius 2 is 1.36 bits per heavy atom. The second kappa shape index (κ2) is 30.0. The summed E-state index contributed by atoms with van der Waals surface area (Å²) in [6.07, 6.45) is 7.01. The second-order valence-electron chi connectivity index (χ2n) is 18.9. The number of carbonyl (C=O) groups excluding carboxylic acids is 3. The molecule has 0 saturated carbocycles. The quantitative estimate of drug-likeness (QED) is 0.104. The lowest BCUT2D eigenvalue weighted by molar-refractivity contribution is -0.307. The molecule has 2 bridgehead atoms. The molecule has 3 saturated heterocycles. The summed E-state index contributed by atoms with van der Waals surface area (Å²) >= 11 is 0. The number of hydrogen-bond donors (Lipinski definition) is 10. The van der Waals surface area contributed by atoms with E-state index in [-0.39, 0.29) is 57.5 Å². The van der Waals surface area contributed by atoms with Crippen molar-refractivity contribution in [2.75, 3.05) is 13.7 Å². The number of aliphatic hydroxyl groups is 8. The number of methoxy groups -OCH3 is 1. The fourth-order valence-corrected chi connectivity index (χ4v) is 8.88. The van der Waals surface area contributed by atoms with Crippen LogP contribution in [0.1, 0.15) is 79.1 Å². The zero-order valence-electron chi connectivity index (χ0n) is 41.8. The van der Waals surface area contributed by atoms with Gasteiger partial charge in [0, 0.05) is 44.6 Å². The third-order valence-electron chi connectivity index (χ3n) is 13.2. The number of esters is 1. The van der Waals surface area contributed by atoms with Crippen LogP contribution in [0.25, 0.3) is 0 Å². The molecule has 0 aromatic carbocycles. The van der Waals surface area contributed by atoms with Gasteiger partial charge in [-0.05, 0) is 33.1 Å². The Labute approximate surface area is 422 Å². The molecule has 0 radical (unpaired) electrons. The van der Waals surface area contributed by atoms with Crippen LogP contribution in [-0.4, -0.2) is 176 Å². The SMILES string of the molecule is C=CCOC(=O)NC1C(O)C(C)OC(OC2\C=C/C=C\C=C/C=C\C=C/C=C\C=C/C(C)C(O)C(C)C(C)OC(=O)CC(O)CC(O)CCC(O)C(O)CC(O)CC3(OC)CC4OC(=O)NC4C(C2)O3)C1O. The van der Waals surface area contributed by atoms with Crippen molar-refractivity contribution in [1.29, 1.82) is 0 Å². The van der Waals surface area contributed by atoms with Gasteiger partial charge in [-0.15, -0.1) is 0 Å². The Balaban J connectivity index is 1.59. The third kappa shape index (κ3) is 19.1. The number of aliphatic hydroxyl groups excluding tert-OH is 8. The van der Waals surface area contributed by atoms with E-state index in [2.05, 4.69) is 17.2 Å². The summed E-state index contributed by atoms with van der Waals surface area (Å²) in [7, 11) is 1.35. The number of alkyl carbamates (subject to hydrolysis) is 2. The van der Waals surface area contributed by atoms with Gasteiger partial charge in [0.15, 0.2) is 12.1 Å². The molecule has 20 nitrogen and oxygen atoms in total. The number of rotatable bonds is 6. The Morgan fingerprint density at radius 1 is 0.736 bits per heavy atom. The summed E-state index contributed by atoms with van der Waals surface area (Å²) in [5.74, 6) is -3.04. The van der Waals surface area contributed by atoms with Gasteiger partial charge in [0.1, 0.15) is 31.0 Å². The number of nitrogens with one attached hydrogen (secondary N) is 2. The first-order chi connectivity index (χ1) is 34.3. The van der Waals surface area contributed by atoms with E-state index in [4.69, 9.17) is 33.2 Å². The Morgan fingerprint density at radius 3 is 1.99 bits per heavy atom. The van der Waals surface area contributed by atoms with Crippen molar-refractivity contribution in [3.05, 3.63) is 97.7 Å². The first kappa shape index (κ1) is 60.0. The molecule has 0 spiro atoms.